The monoisotopic (exact) mass is 428 g/mol. The number of carbonyl (C=O) groups is 3. The van der Waals surface area contributed by atoms with Crippen molar-refractivity contribution in [3.05, 3.63) is 35.4 Å². The fraction of sp³-hybridized carbons (Fsp3) is 0.640. The van der Waals surface area contributed by atoms with E-state index in [4.69, 9.17) is 4.74 Å². The third kappa shape index (κ3) is 5.66. The van der Waals surface area contributed by atoms with Gasteiger partial charge in [0.2, 0.25) is 5.91 Å². The van der Waals surface area contributed by atoms with Crippen LogP contribution < -0.4 is 5.32 Å². The first-order valence-electron chi connectivity index (χ1n) is 11.5. The Labute approximate surface area is 185 Å². The number of rotatable bonds is 7. The standard InChI is InChI=1S/C25H36N2O4/c1-6-25(4,5)31-24(30)26-22(20-13-18-9-7-8-10-19(18)14-20)23(29)27-15-16(2)11-21(27)12-17(3)28/h7-10,16,20-22H,6,11-15H2,1-5H3,(H,26,30)/t16-,21?,22?/m1/s1. The summed E-state index contributed by atoms with van der Waals surface area (Å²) in [5.74, 6) is 0.287. The number of Topliss-reactive ketones (excluding diaryl/α,β-unsaturated/α-hetero) is 1. The highest BCUT2D eigenvalue weighted by Crippen LogP contribution is 2.32. The van der Waals surface area contributed by atoms with Gasteiger partial charge in [-0.05, 0) is 69.4 Å². The summed E-state index contributed by atoms with van der Waals surface area (Å²) in [5.41, 5.74) is 1.85. The van der Waals surface area contributed by atoms with E-state index >= 15 is 0 Å². The van der Waals surface area contributed by atoms with Gasteiger partial charge in [0, 0.05) is 19.0 Å². The zero-order valence-electron chi connectivity index (χ0n) is 19.4. The lowest BCUT2D eigenvalue weighted by Crippen LogP contribution is -2.54. The summed E-state index contributed by atoms with van der Waals surface area (Å²) in [5, 5.41) is 2.91. The topological polar surface area (TPSA) is 75.7 Å². The smallest absolute Gasteiger partial charge is 0.408 e. The summed E-state index contributed by atoms with van der Waals surface area (Å²) in [6, 6.07) is 7.42. The van der Waals surface area contributed by atoms with Gasteiger partial charge in [-0.25, -0.2) is 4.79 Å². The molecular formula is C25H36N2O4. The summed E-state index contributed by atoms with van der Waals surface area (Å²) >= 11 is 0. The highest BCUT2D eigenvalue weighted by atomic mass is 16.6. The quantitative estimate of drug-likeness (QED) is 0.715. The fourth-order valence-electron chi connectivity index (χ4n) is 4.81. The molecule has 31 heavy (non-hydrogen) atoms. The number of amides is 2. The number of likely N-dealkylation sites (tertiary alicyclic amines) is 1. The number of hydrogen-bond donors (Lipinski definition) is 1. The highest BCUT2D eigenvalue weighted by Gasteiger charge is 2.42. The SMILES string of the molecule is CCC(C)(C)OC(=O)NC(C(=O)N1C[C@H](C)CC1CC(C)=O)C1Cc2ccccc2C1. The van der Waals surface area contributed by atoms with Gasteiger partial charge < -0.3 is 15.0 Å². The average molecular weight is 429 g/mol. The minimum absolute atomic E-state index is 0.0314. The van der Waals surface area contributed by atoms with Crippen LogP contribution in [0, 0.1) is 11.8 Å². The molecule has 0 spiro atoms. The van der Waals surface area contributed by atoms with Crippen LogP contribution in [0.2, 0.25) is 0 Å². The van der Waals surface area contributed by atoms with E-state index in [9.17, 15) is 14.4 Å². The Balaban J connectivity index is 1.82. The maximum Gasteiger partial charge on any atom is 0.408 e. The number of ketones is 1. The second-order valence-corrected chi connectivity index (χ2v) is 9.95. The zero-order chi connectivity index (χ0) is 22.8. The van der Waals surface area contributed by atoms with E-state index in [2.05, 4.69) is 24.4 Å². The molecule has 3 rings (SSSR count). The van der Waals surface area contributed by atoms with Crippen molar-refractivity contribution < 1.29 is 19.1 Å². The Kier molecular flexibility index (Phi) is 7.07. The normalized spacial score (nSPS) is 22.2. The van der Waals surface area contributed by atoms with E-state index in [1.165, 1.54) is 11.1 Å². The van der Waals surface area contributed by atoms with Gasteiger partial charge in [-0.1, -0.05) is 38.1 Å². The number of alkyl carbamates (subject to hydrolysis) is 1. The Morgan fingerprint density at radius 3 is 2.35 bits per heavy atom. The lowest BCUT2D eigenvalue weighted by molar-refractivity contribution is -0.136. The minimum atomic E-state index is -0.674. The lowest BCUT2D eigenvalue weighted by atomic mass is 9.94. The second kappa shape index (κ2) is 9.41. The van der Waals surface area contributed by atoms with Crippen molar-refractivity contribution in [2.24, 2.45) is 11.8 Å². The van der Waals surface area contributed by atoms with E-state index in [1.807, 2.05) is 37.8 Å². The van der Waals surface area contributed by atoms with Crippen molar-refractivity contribution in [1.29, 1.82) is 0 Å². The maximum absolute atomic E-state index is 13.7. The molecule has 170 valence electrons. The Morgan fingerprint density at radius 2 is 1.81 bits per heavy atom. The molecule has 6 heteroatoms. The molecule has 0 bridgehead atoms. The Hall–Kier alpha value is -2.37. The van der Waals surface area contributed by atoms with E-state index < -0.39 is 17.7 Å². The molecule has 2 aliphatic rings. The lowest BCUT2D eigenvalue weighted by Gasteiger charge is -2.33. The third-order valence-corrected chi connectivity index (χ3v) is 6.74. The molecule has 2 amide bonds. The van der Waals surface area contributed by atoms with Crippen molar-refractivity contribution in [1.82, 2.24) is 10.2 Å². The molecule has 1 heterocycles. The second-order valence-electron chi connectivity index (χ2n) is 9.95. The van der Waals surface area contributed by atoms with Crippen molar-refractivity contribution in [3.8, 4) is 0 Å². The Morgan fingerprint density at radius 1 is 1.19 bits per heavy atom. The molecule has 1 aliphatic carbocycles. The molecular weight excluding hydrogens is 392 g/mol. The van der Waals surface area contributed by atoms with Crippen molar-refractivity contribution in [3.63, 3.8) is 0 Å². The number of hydrogen-bond acceptors (Lipinski definition) is 4. The zero-order valence-corrected chi connectivity index (χ0v) is 19.4. The first kappa shape index (κ1) is 23.3. The van der Waals surface area contributed by atoms with Crippen LogP contribution in [0.1, 0.15) is 65.0 Å². The fourth-order valence-corrected chi connectivity index (χ4v) is 4.81. The van der Waals surface area contributed by atoms with E-state index in [1.54, 1.807) is 6.92 Å². The Bertz CT molecular complexity index is 810. The molecule has 2 unspecified atom stereocenters. The van der Waals surface area contributed by atoms with Crippen LogP contribution in [-0.2, 0) is 27.2 Å². The molecule has 0 radical (unpaired) electrons. The van der Waals surface area contributed by atoms with Crippen LogP contribution in [-0.4, -0.2) is 46.9 Å². The van der Waals surface area contributed by atoms with Gasteiger partial charge in [0.25, 0.3) is 0 Å². The van der Waals surface area contributed by atoms with Gasteiger partial charge in [-0.2, -0.15) is 0 Å². The molecule has 1 N–H and O–H groups in total. The van der Waals surface area contributed by atoms with Crippen molar-refractivity contribution in [2.45, 2.75) is 84.4 Å². The summed E-state index contributed by atoms with van der Waals surface area (Å²) in [4.78, 5) is 40.1. The van der Waals surface area contributed by atoms with Crippen molar-refractivity contribution >= 4 is 17.8 Å². The minimum Gasteiger partial charge on any atom is -0.444 e. The molecule has 1 aliphatic heterocycles. The number of ether oxygens (including phenoxy) is 1. The molecule has 0 aromatic heterocycles. The van der Waals surface area contributed by atoms with Gasteiger partial charge >= 0.3 is 6.09 Å². The first-order chi connectivity index (χ1) is 14.6. The van der Waals surface area contributed by atoms with Crippen LogP contribution in [0.4, 0.5) is 4.79 Å². The van der Waals surface area contributed by atoms with Crippen LogP contribution in [0.3, 0.4) is 0 Å². The van der Waals surface area contributed by atoms with Gasteiger partial charge in [0.15, 0.2) is 0 Å². The summed E-state index contributed by atoms with van der Waals surface area (Å²) in [7, 11) is 0. The number of fused-ring (bicyclic) bond motifs is 1. The van der Waals surface area contributed by atoms with Crippen LogP contribution in [0.25, 0.3) is 0 Å². The van der Waals surface area contributed by atoms with E-state index in [-0.39, 0.29) is 23.7 Å². The molecule has 1 fully saturated rings. The van der Waals surface area contributed by atoms with E-state index in [0.717, 1.165) is 19.3 Å². The summed E-state index contributed by atoms with van der Waals surface area (Å²) in [6.07, 6.45) is 2.78. The van der Waals surface area contributed by atoms with Gasteiger partial charge in [-0.3, -0.25) is 9.59 Å². The summed E-state index contributed by atoms with van der Waals surface area (Å²) in [6.45, 7) is 9.97. The van der Waals surface area contributed by atoms with Crippen LogP contribution in [0.5, 0.6) is 0 Å². The van der Waals surface area contributed by atoms with E-state index in [0.29, 0.717) is 25.3 Å². The highest BCUT2D eigenvalue weighted by molar-refractivity contribution is 5.87. The third-order valence-electron chi connectivity index (χ3n) is 6.74. The largest absolute Gasteiger partial charge is 0.444 e. The molecule has 1 aromatic carbocycles. The van der Waals surface area contributed by atoms with Crippen LogP contribution >= 0.6 is 0 Å². The molecule has 1 saturated heterocycles. The average Bonchev–Trinajstić information content (AvgIpc) is 3.27. The summed E-state index contributed by atoms with van der Waals surface area (Å²) < 4.78 is 5.60. The number of benzene rings is 1. The number of carbonyl (C=O) groups excluding carboxylic acids is 3. The van der Waals surface area contributed by atoms with Crippen LogP contribution in [0.15, 0.2) is 24.3 Å². The maximum atomic E-state index is 13.7. The van der Waals surface area contributed by atoms with Gasteiger partial charge in [-0.15, -0.1) is 0 Å². The molecule has 1 aromatic rings. The molecule has 3 atom stereocenters. The van der Waals surface area contributed by atoms with Crippen molar-refractivity contribution in [2.75, 3.05) is 6.54 Å². The number of nitrogens with zero attached hydrogens (tertiary/aromatic N) is 1. The number of nitrogens with one attached hydrogen (secondary N) is 1. The molecule has 0 saturated carbocycles. The van der Waals surface area contributed by atoms with Gasteiger partial charge in [0.05, 0.1) is 0 Å². The predicted molar refractivity (Wildman–Crippen MR) is 120 cm³/mol. The first-order valence-corrected chi connectivity index (χ1v) is 11.5. The predicted octanol–water partition coefficient (Wildman–Crippen LogP) is 3.90. The van der Waals surface area contributed by atoms with Gasteiger partial charge in [0.1, 0.15) is 17.4 Å². The molecule has 6 nitrogen and oxygen atoms in total.